The number of amides is 1. The zero-order valence-corrected chi connectivity index (χ0v) is 18.0. The quantitative estimate of drug-likeness (QED) is 0.418. The van der Waals surface area contributed by atoms with E-state index < -0.39 is 46.9 Å². The third kappa shape index (κ3) is 4.11. The number of nitrogens with two attached hydrogens (primary N) is 1. The average molecular weight is 440 g/mol. The molecule has 3 rings (SSSR count). The SMILES string of the molecule is CC1S[C@@H]2C(N)C(=O)N2CC1(Oc1cccc(F)c1)C(=O)OCOC(=O)C(C)(C)C. The van der Waals surface area contributed by atoms with Crippen molar-refractivity contribution in [1.29, 1.82) is 0 Å². The number of fused-ring (bicyclic) bond motifs is 1. The Hall–Kier alpha value is -2.33. The van der Waals surface area contributed by atoms with Crippen LogP contribution in [0.25, 0.3) is 0 Å². The summed E-state index contributed by atoms with van der Waals surface area (Å²) in [7, 11) is 0. The Bertz CT molecular complexity index is 860. The van der Waals surface area contributed by atoms with Gasteiger partial charge in [0.2, 0.25) is 18.3 Å². The number of rotatable bonds is 5. The summed E-state index contributed by atoms with van der Waals surface area (Å²) in [5.74, 6) is -2.09. The monoisotopic (exact) mass is 440 g/mol. The molecular weight excluding hydrogens is 415 g/mol. The van der Waals surface area contributed by atoms with Crippen LogP contribution in [0.1, 0.15) is 27.7 Å². The molecule has 3 unspecified atom stereocenters. The van der Waals surface area contributed by atoms with Crippen molar-refractivity contribution < 1.29 is 33.0 Å². The first-order valence-electron chi connectivity index (χ1n) is 9.46. The summed E-state index contributed by atoms with van der Waals surface area (Å²) in [6, 6.07) is 4.69. The van der Waals surface area contributed by atoms with Crippen LogP contribution < -0.4 is 10.5 Å². The maximum atomic E-state index is 13.7. The van der Waals surface area contributed by atoms with Crippen molar-refractivity contribution in [1.82, 2.24) is 4.90 Å². The number of esters is 2. The van der Waals surface area contributed by atoms with Gasteiger partial charge in [-0.25, -0.2) is 9.18 Å². The van der Waals surface area contributed by atoms with Gasteiger partial charge in [-0.2, -0.15) is 0 Å². The molecular formula is C20H25FN2O6S. The Kier molecular flexibility index (Phi) is 6.01. The van der Waals surface area contributed by atoms with Gasteiger partial charge < -0.3 is 24.8 Å². The van der Waals surface area contributed by atoms with E-state index in [0.717, 1.165) is 6.07 Å². The molecule has 2 saturated heterocycles. The second-order valence-electron chi connectivity index (χ2n) is 8.34. The molecule has 8 nitrogen and oxygen atoms in total. The van der Waals surface area contributed by atoms with E-state index >= 15 is 0 Å². The first kappa shape index (κ1) is 22.4. The van der Waals surface area contributed by atoms with Gasteiger partial charge in [-0.05, 0) is 39.8 Å². The molecule has 2 aliphatic rings. The van der Waals surface area contributed by atoms with Crippen molar-refractivity contribution in [2.75, 3.05) is 13.3 Å². The van der Waals surface area contributed by atoms with Crippen LogP contribution in [0.3, 0.4) is 0 Å². The zero-order chi connectivity index (χ0) is 22.3. The Morgan fingerprint density at radius 1 is 1.33 bits per heavy atom. The molecule has 2 fully saturated rings. The lowest BCUT2D eigenvalue weighted by atomic mass is 9.94. The number of nitrogens with zero attached hydrogens (tertiary/aromatic N) is 1. The van der Waals surface area contributed by atoms with Gasteiger partial charge in [0, 0.05) is 6.07 Å². The average Bonchev–Trinajstić information content (AvgIpc) is 2.67. The van der Waals surface area contributed by atoms with E-state index in [1.165, 1.54) is 34.9 Å². The van der Waals surface area contributed by atoms with E-state index in [2.05, 4.69) is 0 Å². The molecule has 0 saturated carbocycles. The first-order valence-corrected chi connectivity index (χ1v) is 10.4. The van der Waals surface area contributed by atoms with Crippen molar-refractivity contribution >= 4 is 29.6 Å². The maximum absolute atomic E-state index is 13.7. The largest absolute Gasteiger partial charge is 0.472 e. The first-order chi connectivity index (χ1) is 14.0. The molecule has 1 aromatic rings. The highest BCUT2D eigenvalue weighted by Gasteiger charge is 2.61. The molecule has 0 radical (unpaired) electrons. The summed E-state index contributed by atoms with van der Waals surface area (Å²) in [6.07, 6.45) is 0. The van der Waals surface area contributed by atoms with Crippen molar-refractivity contribution in [3.63, 3.8) is 0 Å². The van der Waals surface area contributed by atoms with Gasteiger partial charge in [0.05, 0.1) is 17.2 Å². The number of thioether (sulfide) groups is 1. The number of β-lactam (4-membered cyclic amide) rings is 1. The number of halogens is 1. The molecule has 2 N–H and O–H groups in total. The highest BCUT2D eigenvalue weighted by atomic mass is 32.2. The van der Waals surface area contributed by atoms with Crippen LogP contribution in [0.2, 0.25) is 0 Å². The molecule has 1 aromatic carbocycles. The Morgan fingerprint density at radius 2 is 2.03 bits per heavy atom. The summed E-state index contributed by atoms with van der Waals surface area (Å²) in [4.78, 5) is 38.6. The van der Waals surface area contributed by atoms with Crippen molar-refractivity contribution in [2.45, 2.75) is 50.0 Å². The fourth-order valence-electron chi connectivity index (χ4n) is 3.18. The smallest absolute Gasteiger partial charge is 0.356 e. The summed E-state index contributed by atoms with van der Waals surface area (Å²) in [5, 5.41) is -0.754. The lowest BCUT2D eigenvalue weighted by molar-refractivity contribution is -0.186. The molecule has 1 amide bonds. The topological polar surface area (TPSA) is 108 Å². The molecule has 4 atom stereocenters. The van der Waals surface area contributed by atoms with Crippen LogP contribution >= 0.6 is 11.8 Å². The van der Waals surface area contributed by atoms with E-state index in [-0.39, 0.29) is 23.6 Å². The third-order valence-corrected chi connectivity index (χ3v) is 6.64. The van der Waals surface area contributed by atoms with Gasteiger partial charge >= 0.3 is 11.9 Å². The number of benzene rings is 1. The minimum absolute atomic E-state index is 0.110. The van der Waals surface area contributed by atoms with E-state index in [1.54, 1.807) is 27.7 Å². The minimum Gasteiger partial charge on any atom is -0.472 e. The molecule has 0 aromatic heterocycles. The second kappa shape index (κ2) is 8.07. The predicted octanol–water partition coefficient (Wildman–Crippen LogP) is 1.66. The van der Waals surface area contributed by atoms with Gasteiger partial charge in [0.1, 0.15) is 23.0 Å². The lowest BCUT2D eigenvalue weighted by Gasteiger charge is -2.55. The summed E-state index contributed by atoms with van der Waals surface area (Å²) in [6.45, 7) is 6.05. The van der Waals surface area contributed by atoms with E-state index in [0.29, 0.717) is 0 Å². The number of carbonyl (C=O) groups is 3. The van der Waals surface area contributed by atoms with Crippen LogP contribution in [-0.2, 0) is 23.9 Å². The van der Waals surface area contributed by atoms with Crippen molar-refractivity contribution in [3.05, 3.63) is 30.1 Å². The molecule has 0 spiro atoms. The normalized spacial score (nSPS) is 28.3. The van der Waals surface area contributed by atoms with Crippen LogP contribution in [0.4, 0.5) is 4.39 Å². The lowest BCUT2D eigenvalue weighted by Crippen LogP contribution is -2.76. The zero-order valence-electron chi connectivity index (χ0n) is 17.2. The van der Waals surface area contributed by atoms with Gasteiger partial charge in [-0.15, -0.1) is 11.8 Å². The van der Waals surface area contributed by atoms with Gasteiger partial charge in [0.15, 0.2) is 0 Å². The van der Waals surface area contributed by atoms with Crippen LogP contribution in [0.15, 0.2) is 24.3 Å². The predicted molar refractivity (Wildman–Crippen MR) is 107 cm³/mol. The fraction of sp³-hybridized carbons (Fsp3) is 0.550. The number of ether oxygens (including phenoxy) is 3. The Balaban J connectivity index is 1.81. The fourth-order valence-corrected chi connectivity index (χ4v) is 4.65. The number of hydrogen-bond acceptors (Lipinski definition) is 8. The highest BCUT2D eigenvalue weighted by molar-refractivity contribution is 8.00. The van der Waals surface area contributed by atoms with Crippen LogP contribution in [-0.4, -0.2) is 58.4 Å². The second-order valence-corrected chi connectivity index (χ2v) is 9.80. The van der Waals surface area contributed by atoms with E-state index in [1.807, 2.05) is 0 Å². The Morgan fingerprint density at radius 3 is 2.67 bits per heavy atom. The summed E-state index contributed by atoms with van der Waals surface area (Å²) >= 11 is 1.30. The molecule has 2 heterocycles. The van der Waals surface area contributed by atoms with Crippen LogP contribution in [0.5, 0.6) is 5.75 Å². The van der Waals surface area contributed by atoms with Crippen LogP contribution in [0, 0.1) is 11.2 Å². The summed E-state index contributed by atoms with van der Waals surface area (Å²) < 4.78 is 29.8. The molecule has 2 aliphatic heterocycles. The third-order valence-electron chi connectivity index (χ3n) is 5.02. The minimum atomic E-state index is -1.63. The number of hydrogen-bond donors (Lipinski definition) is 1. The molecule has 0 aliphatic carbocycles. The Labute approximate surface area is 178 Å². The molecule has 0 bridgehead atoms. The van der Waals surface area contributed by atoms with Crippen molar-refractivity contribution in [2.24, 2.45) is 11.1 Å². The maximum Gasteiger partial charge on any atom is 0.356 e. The van der Waals surface area contributed by atoms with E-state index in [9.17, 15) is 18.8 Å². The number of carbonyl (C=O) groups excluding carboxylic acids is 3. The summed E-state index contributed by atoms with van der Waals surface area (Å²) in [5.41, 5.74) is 3.47. The van der Waals surface area contributed by atoms with Gasteiger partial charge in [0.25, 0.3) is 0 Å². The van der Waals surface area contributed by atoms with Crippen molar-refractivity contribution in [3.8, 4) is 5.75 Å². The standard InChI is InChI=1S/C20H25FN2O6S/c1-11-20(29-13-7-5-6-12(21)8-13,9-23-15(24)14(22)16(23)30-11)18(26)28-10-27-17(25)19(2,3)4/h5-8,11,14,16H,9-10,22H2,1-4H3/t11?,14?,16-,20?/m1/s1. The van der Waals surface area contributed by atoms with Gasteiger partial charge in [-0.1, -0.05) is 6.07 Å². The van der Waals surface area contributed by atoms with Gasteiger partial charge in [-0.3, -0.25) is 9.59 Å². The molecule has 10 heteroatoms. The molecule has 30 heavy (non-hydrogen) atoms. The van der Waals surface area contributed by atoms with E-state index in [4.69, 9.17) is 19.9 Å². The molecule has 164 valence electrons. The highest BCUT2D eigenvalue weighted by Crippen LogP contribution is 2.44.